The third kappa shape index (κ3) is 3.39. The van der Waals surface area contributed by atoms with Crippen LogP contribution < -0.4 is 5.73 Å². The van der Waals surface area contributed by atoms with Crippen LogP contribution in [0.1, 0.15) is 21.5 Å². The van der Waals surface area contributed by atoms with E-state index >= 15 is 0 Å². The molecular formula is C15H17N3O. The molecule has 2 aromatic rings. The Bertz CT molecular complexity index is 554. The van der Waals surface area contributed by atoms with Gasteiger partial charge in [0.05, 0.1) is 5.56 Å². The fourth-order valence-corrected chi connectivity index (χ4v) is 1.91. The topological polar surface area (TPSA) is 59.2 Å². The first-order valence-electron chi connectivity index (χ1n) is 6.14. The van der Waals surface area contributed by atoms with Gasteiger partial charge in [0, 0.05) is 32.5 Å². The third-order valence-corrected chi connectivity index (χ3v) is 2.90. The minimum Gasteiger partial charge on any atom is -0.337 e. The summed E-state index contributed by atoms with van der Waals surface area (Å²) in [5.41, 5.74) is 8.35. The van der Waals surface area contributed by atoms with E-state index in [1.54, 1.807) is 36.5 Å². The van der Waals surface area contributed by atoms with Crippen LogP contribution in [-0.4, -0.2) is 22.8 Å². The summed E-state index contributed by atoms with van der Waals surface area (Å²) in [7, 11) is 1.78. The van der Waals surface area contributed by atoms with Gasteiger partial charge in [0.1, 0.15) is 0 Å². The number of benzene rings is 1. The molecule has 0 radical (unpaired) electrons. The molecule has 0 aliphatic heterocycles. The molecule has 4 nitrogen and oxygen atoms in total. The minimum absolute atomic E-state index is 0.0359. The molecule has 0 spiro atoms. The standard InChI is InChI=1S/C15H17N3O/c1-18(15(19)14-6-3-7-17-10-14)11-13-5-2-4-12(8-13)9-16/h2-8,10H,9,11,16H2,1H3. The summed E-state index contributed by atoms with van der Waals surface area (Å²) < 4.78 is 0. The third-order valence-electron chi connectivity index (χ3n) is 2.90. The van der Waals surface area contributed by atoms with Crippen molar-refractivity contribution >= 4 is 5.91 Å². The van der Waals surface area contributed by atoms with Crippen molar-refractivity contribution in [1.29, 1.82) is 0 Å². The van der Waals surface area contributed by atoms with Crippen molar-refractivity contribution in [3.05, 3.63) is 65.5 Å². The second-order valence-corrected chi connectivity index (χ2v) is 4.43. The van der Waals surface area contributed by atoms with Gasteiger partial charge >= 0.3 is 0 Å². The Hall–Kier alpha value is -2.20. The average molecular weight is 255 g/mol. The number of amides is 1. The highest BCUT2D eigenvalue weighted by atomic mass is 16.2. The Kier molecular flexibility index (Phi) is 4.26. The van der Waals surface area contributed by atoms with Crippen LogP contribution in [0.4, 0.5) is 0 Å². The molecule has 0 saturated carbocycles. The molecule has 0 fully saturated rings. The number of rotatable bonds is 4. The van der Waals surface area contributed by atoms with Crippen LogP contribution in [0, 0.1) is 0 Å². The van der Waals surface area contributed by atoms with Crippen molar-refractivity contribution in [2.75, 3.05) is 7.05 Å². The van der Waals surface area contributed by atoms with E-state index in [9.17, 15) is 4.79 Å². The van der Waals surface area contributed by atoms with E-state index < -0.39 is 0 Å². The highest BCUT2D eigenvalue weighted by Gasteiger charge is 2.11. The van der Waals surface area contributed by atoms with E-state index in [0.29, 0.717) is 18.7 Å². The maximum Gasteiger partial charge on any atom is 0.255 e. The fraction of sp³-hybridized carbons (Fsp3) is 0.200. The molecule has 2 N–H and O–H groups in total. The van der Waals surface area contributed by atoms with E-state index in [0.717, 1.165) is 11.1 Å². The summed E-state index contributed by atoms with van der Waals surface area (Å²) in [4.78, 5) is 17.8. The number of nitrogens with two attached hydrogens (primary N) is 1. The second-order valence-electron chi connectivity index (χ2n) is 4.43. The first-order valence-corrected chi connectivity index (χ1v) is 6.14. The monoisotopic (exact) mass is 255 g/mol. The van der Waals surface area contributed by atoms with Crippen molar-refractivity contribution in [2.24, 2.45) is 5.73 Å². The van der Waals surface area contributed by atoms with Crippen molar-refractivity contribution in [2.45, 2.75) is 13.1 Å². The molecule has 1 amide bonds. The van der Waals surface area contributed by atoms with Crippen LogP contribution in [0.3, 0.4) is 0 Å². The summed E-state index contributed by atoms with van der Waals surface area (Å²) >= 11 is 0. The molecule has 1 heterocycles. The number of carbonyl (C=O) groups is 1. The lowest BCUT2D eigenvalue weighted by atomic mass is 10.1. The molecule has 1 aromatic heterocycles. The summed E-state index contributed by atoms with van der Waals surface area (Å²) in [5, 5.41) is 0. The maximum atomic E-state index is 12.2. The molecule has 0 unspecified atom stereocenters. The van der Waals surface area contributed by atoms with Gasteiger partial charge in [-0.3, -0.25) is 9.78 Å². The molecule has 2 rings (SSSR count). The lowest BCUT2D eigenvalue weighted by Crippen LogP contribution is -2.26. The Labute approximate surface area is 112 Å². The largest absolute Gasteiger partial charge is 0.337 e. The SMILES string of the molecule is CN(Cc1cccc(CN)c1)C(=O)c1cccnc1. The molecule has 0 atom stereocenters. The molecule has 19 heavy (non-hydrogen) atoms. The van der Waals surface area contributed by atoms with E-state index in [1.807, 2.05) is 24.3 Å². The predicted octanol–water partition coefficient (Wildman–Crippen LogP) is 1.81. The number of aromatic nitrogens is 1. The van der Waals surface area contributed by atoms with Crippen LogP contribution in [0.2, 0.25) is 0 Å². The van der Waals surface area contributed by atoms with Crippen LogP contribution in [0.5, 0.6) is 0 Å². The molecule has 0 aliphatic carbocycles. The van der Waals surface area contributed by atoms with Gasteiger partial charge in [-0.05, 0) is 23.3 Å². The van der Waals surface area contributed by atoms with Gasteiger partial charge in [0.15, 0.2) is 0 Å². The first kappa shape index (κ1) is 13.2. The number of nitrogens with zero attached hydrogens (tertiary/aromatic N) is 2. The molecule has 4 heteroatoms. The lowest BCUT2D eigenvalue weighted by Gasteiger charge is -2.17. The minimum atomic E-state index is -0.0359. The normalized spacial score (nSPS) is 10.2. The summed E-state index contributed by atoms with van der Waals surface area (Å²) in [6.45, 7) is 1.07. The number of hydrogen-bond donors (Lipinski definition) is 1. The lowest BCUT2D eigenvalue weighted by molar-refractivity contribution is 0.0784. The molecule has 0 bridgehead atoms. The van der Waals surface area contributed by atoms with Crippen molar-refractivity contribution in [3.63, 3.8) is 0 Å². The van der Waals surface area contributed by atoms with Crippen LogP contribution in [-0.2, 0) is 13.1 Å². The Balaban J connectivity index is 2.08. The predicted molar refractivity (Wildman–Crippen MR) is 74.4 cm³/mol. The summed E-state index contributed by atoms with van der Waals surface area (Å²) in [5.74, 6) is -0.0359. The molecule has 98 valence electrons. The smallest absolute Gasteiger partial charge is 0.255 e. The van der Waals surface area contributed by atoms with Crippen LogP contribution in [0.25, 0.3) is 0 Å². The van der Waals surface area contributed by atoms with Crippen LogP contribution >= 0.6 is 0 Å². The van der Waals surface area contributed by atoms with Gasteiger partial charge in [0.2, 0.25) is 0 Å². The second kappa shape index (κ2) is 6.11. The quantitative estimate of drug-likeness (QED) is 0.906. The maximum absolute atomic E-state index is 12.2. The number of pyridine rings is 1. The van der Waals surface area contributed by atoms with Gasteiger partial charge < -0.3 is 10.6 Å². The van der Waals surface area contributed by atoms with E-state index in [4.69, 9.17) is 5.73 Å². The number of hydrogen-bond acceptors (Lipinski definition) is 3. The van der Waals surface area contributed by atoms with Gasteiger partial charge in [-0.25, -0.2) is 0 Å². The van der Waals surface area contributed by atoms with E-state index in [1.165, 1.54) is 0 Å². The highest BCUT2D eigenvalue weighted by molar-refractivity contribution is 5.93. The zero-order chi connectivity index (χ0) is 13.7. The zero-order valence-corrected chi connectivity index (χ0v) is 10.9. The van der Waals surface area contributed by atoms with Crippen molar-refractivity contribution < 1.29 is 4.79 Å². The molecule has 1 aromatic carbocycles. The average Bonchev–Trinajstić information content (AvgIpc) is 2.47. The van der Waals surface area contributed by atoms with Gasteiger partial charge in [-0.2, -0.15) is 0 Å². The van der Waals surface area contributed by atoms with Crippen LogP contribution in [0.15, 0.2) is 48.8 Å². The summed E-state index contributed by atoms with van der Waals surface area (Å²) in [6, 6.07) is 11.5. The fourth-order valence-electron chi connectivity index (χ4n) is 1.91. The van der Waals surface area contributed by atoms with Gasteiger partial charge in [0.25, 0.3) is 5.91 Å². The van der Waals surface area contributed by atoms with Gasteiger partial charge in [-0.1, -0.05) is 24.3 Å². The first-order chi connectivity index (χ1) is 9.20. The highest BCUT2D eigenvalue weighted by Crippen LogP contribution is 2.09. The van der Waals surface area contributed by atoms with Gasteiger partial charge in [-0.15, -0.1) is 0 Å². The molecular weight excluding hydrogens is 238 g/mol. The van der Waals surface area contributed by atoms with Crippen molar-refractivity contribution in [3.8, 4) is 0 Å². The van der Waals surface area contributed by atoms with Crippen molar-refractivity contribution in [1.82, 2.24) is 9.88 Å². The van der Waals surface area contributed by atoms with E-state index in [-0.39, 0.29) is 5.91 Å². The Morgan fingerprint density at radius 1 is 1.26 bits per heavy atom. The Morgan fingerprint density at radius 2 is 2.05 bits per heavy atom. The Morgan fingerprint density at radius 3 is 2.74 bits per heavy atom. The summed E-state index contributed by atoms with van der Waals surface area (Å²) in [6.07, 6.45) is 3.23. The number of carbonyl (C=O) groups excluding carboxylic acids is 1. The molecule has 0 saturated heterocycles. The zero-order valence-electron chi connectivity index (χ0n) is 10.9. The molecule has 0 aliphatic rings. The van der Waals surface area contributed by atoms with E-state index in [2.05, 4.69) is 4.98 Å².